The summed E-state index contributed by atoms with van der Waals surface area (Å²) >= 11 is 0. The molecular formula is C22H20N6O5S. The predicted octanol–water partition coefficient (Wildman–Crippen LogP) is 3.51. The lowest BCUT2D eigenvalue weighted by atomic mass is 10.2. The summed E-state index contributed by atoms with van der Waals surface area (Å²) < 4.78 is 47.2. The zero-order chi connectivity index (χ0) is 24.0. The molecule has 0 aliphatic rings. The number of para-hydroxylation sites is 2. The molecule has 0 atom stereocenters. The number of aromatic nitrogens is 4. The first-order valence-electron chi connectivity index (χ1n) is 9.88. The fourth-order valence-electron chi connectivity index (χ4n) is 2.89. The maximum absolute atomic E-state index is 12.9. The van der Waals surface area contributed by atoms with Crippen LogP contribution in [-0.4, -0.2) is 42.6 Å². The van der Waals surface area contributed by atoms with Crippen molar-refractivity contribution in [2.24, 2.45) is 0 Å². The normalized spacial score (nSPS) is 10.9. The molecule has 0 aliphatic carbocycles. The van der Waals surface area contributed by atoms with Crippen molar-refractivity contribution in [2.45, 2.75) is 0 Å². The summed E-state index contributed by atoms with van der Waals surface area (Å²) in [5.41, 5.74) is 0.593. The highest BCUT2D eigenvalue weighted by Gasteiger charge is 2.24. The fraction of sp³-hybridized carbons (Fsp3) is 0.0909. The molecular weight excluding hydrogens is 460 g/mol. The molecule has 0 spiro atoms. The van der Waals surface area contributed by atoms with Crippen LogP contribution in [0.1, 0.15) is 0 Å². The van der Waals surface area contributed by atoms with E-state index >= 15 is 0 Å². The van der Waals surface area contributed by atoms with E-state index in [1.54, 1.807) is 60.9 Å². The molecule has 4 aromatic rings. The molecule has 174 valence electrons. The molecule has 0 radical (unpaired) electrons. The van der Waals surface area contributed by atoms with Crippen LogP contribution in [0.5, 0.6) is 23.1 Å². The van der Waals surface area contributed by atoms with Crippen molar-refractivity contribution in [3.63, 3.8) is 0 Å². The van der Waals surface area contributed by atoms with Gasteiger partial charge in [-0.3, -0.25) is 9.71 Å². The lowest BCUT2D eigenvalue weighted by Crippen LogP contribution is -2.23. The van der Waals surface area contributed by atoms with Gasteiger partial charge >= 0.3 is 10.2 Å². The van der Waals surface area contributed by atoms with Gasteiger partial charge in [0, 0.05) is 24.2 Å². The second-order valence-corrected chi connectivity index (χ2v) is 8.06. The van der Waals surface area contributed by atoms with Crippen molar-refractivity contribution in [3.05, 3.63) is 73.2 Å². The highest BCUT2D eigenvalue weighted by molar-refractivity contribution is 7.94. The summed E-state index contributed by atoms with van der Waals surface area (Å²) in [7, 11) is -1.30. The maximum atomic E-state index is 12.9. The summed E-state index contributed by atoms with van der Waals surface area (Å²) in [6.45, 7) is 0. The van der Waals surface area contributed by atoms with Crippen molar-refractivity contribution in [2.75, 3.05) is 23.7 Å². The van der Waals surface area contributed by atoms with E-state index in [4.69, 9.17) is 14.2 Å². The molecule has 0 amide bonds. The maximum Gasteiger partial charge on any atom is 0.323 e. The summed E-state index contributed by atoms with van der Waals surface area (Å²) in [6, 6.07) is 15.0. The van der Waals surface area contributed by atoms with Crippen LogP contribution in [0.4, 0.5) is 11.6 Å². The number of anilines is 2. The van der Waals surface area contributed by atoms with E-state index in [-0.39, 0.29) is 29.1 Å². The zero-order valence-corrected chi connectivity index (χ0v) is 19.0. The standard InChI is InChI=1S/C22H20N6O5S/c1-31-16-7-3-4-8-17(16)33-19-21(28-34(29,30)27-18-9-5-6-12-24-18)25-20(26-22(19)32-2)15-10-13-23-14-11-15/h3-14H,1-2H3,(H,24,27)(H,25,26,28). The van der Waals surface area contributed by atoms with Crippen LogP contribution in [0.15, 0.2) is 73.2 Å². The van der Waals surface area contributed by atoms with Crippen molar-refractivity contribution in [1.29, 1.82) is 0 Å². The molecule has 0 aliphatic heterocycles. The largest absolute Gasteiger partial charge is 0.493 e. The lowest BCUT2D eigenvalue weighted by molar-refractivity contribution is 0.348. The quantitative estimate of drug-likeness (QED) is 0.368. The van der Waals surface area contributed by atoms with Crippen molar-refractivity contribution < 1.29 is 22.6 Å². The number of pyridine rings is 2. The molecule has 11 nitrogen and oxygen atoms in total. The molecule has 34 heavy (non-hydrogen) atoms. The Morgan fingerprint density at radius 1 is 0.794 bits per heavy atom. The molecule has 0 bridgehead atoms. The number of ether oxygens (including phenoxy) is 3. The molecule has 12 heteroatoms. The third-order valence-electron chi connectivity index (χ3n) is 4.38. The molecule has 0 fully saturated rings. The number of hydrogen-bond donors (Lipinski definition) is 2. The van der Waals surface area contributed by atoms with Gasteiger partial charge in [0.15, 0.2) is 23.1 Å². The van der Waals surface area contributed by atoms with Crippen LogP contribution < -0.4 is 23.7 Å². The third-order valence-corrected chi connectivity index (χ3v) is 5.32. The van der Waals surface area contributed by atoms with E-state index in [1.165, 1.54) is 26.5 Å². The smallest absolute Gasteiger partial charge is 0.323 e. The van der Waals surface area contributed by atoms with E-state index < -0.39 is 10.2 Å². The van der Waals surface area contributed by atoms with Gasteiger partial charge in [-0.25, -0.2) is 14.7 Å². The average Bonchev–Trinajstić information content (AvgIpc) is 2.86. The first-order valence-corrected chi connectivity index (χ1v) is 11.4. The van der Waals surface area contributed by atoms with Gasteiger partial charge in [0.25, 0.3) is 5.88 Å². The van der Waals surface area contributed by atoms with E-state index in [9.17, 15) is 8.42 Å². The second kappa shape index (κ2) is 10.0. The highest BCUT2D eigenvalue weighted by Crippen LogP contribution is 2.41. The first kappa shape index (κ1) is 22.7. The highest BCUT2D eigenvalue weighted by atomic mass is 32.2. The number of nitrogens with zero attached hydrogens (tertiary/aromatic N) is 4. The monoisotopic (exact) mass is 480 g/mol. The van der Waals surface area contributed by atoms with Crippen molar-refractivity contribution >= 4 is 21.8 Å². The minimum absolute atomic E-state index is 0.00301. The van der Waals surface area contributed by atoms with Gasteiger partial charge in [0.05, 0.1) is 14.2 Å². The second-order valence-electron chi connectivity index (χ2n) is 6.65. The van der Waals surface area contributed by atoms with Gasteiger partial charge in [-0.1, -0.05) is 18.2 Å². The Morgan fingerprint density at radius 2 is 1.53 bits per heavy atom. The summed E-state index contributed by atoms with van der Waals surface area (Å²) in [6.07, 6.45) is 4.59. The van der Waals surface area contributed by atoms with E-state index in [0.717, 1.165) is 0 Å². The van der Waals surface area contributed by atoms with Crippen LogP contribution in [0.3, 0.4) is 0 Å². The summed E-state index contributed by atoms with van der Waals surface area (Å²) in [5, 5.41) is 0. The molecule has 4 rings (SSSR count). The Labute approximate surface area is 196 Å². The topological polar surface area (TPSA) is 137 Å². The van der Waals surface area contributed by atoms with Gasteiger partial charge in [-0.2, -0.15) is 13.4 Å². The van der Waals surface area contributed by atoms with Crippen molar-refractivity contribution in [3.8, 4) is 34.5 Å². The predicted molar refractivity (Wildman–Crippen MR) is 125 cm³/mol. The molecule has 2 N–H and O–H groups in total. The van der Waals surface area contributed by atoms with Crippen LogP contribution in [0, 0.1) is 0 Å². The summed E-state index contributed by atoms with van der Waals surface area (Å²) in [5.74, 6) is 0.831. The zero-order valence-electron chi connectivity index (χ0n) is 18.2. The molecule has 0 saturated heterocycles. The van der Waals surface area contributed by atoms with Crippen LogP contribution >= 0.6 is 0 Å². The Bertz CT molecular complexity index is 1370. The van der Waals surface area contributed by atoms with Crippen LogP contribution in [0.25, 0.3) is 11.4 Å². The minimum Gasteiger partial charge on any atom is -0.493 e. The molecule has 0 unspecified atom stereocenters. The summed E-state index contributed by atoms with van der Waals surface area (Å²) in [4.78, 5) is 16.7. The van der Waals surface area contributed by atoms with Gasteiger partial charge in [0.1, 0.15) is 5.82 Å². The number of rotatable bonds is 9. The van der Waals surface area contributed by atoms with Gasteiger partial charge in [-0.05, 0) is 36.4 Å². The number of nitrogens with one attached hydrogen (secondary N) is 2. The van der Waals surface area contributed by atoms with E-state index in [0.29, 0.717) is 17.1 Å². The lowest BCUT2D eigenvalue weighted by Gasteiger charge is -2.17. The van der Waals surface area contributed by atoms with Crippen LogP contribution in [-0.2, 0) is 10.2 Å². The molecule has 3 aromatic heterocycles. The van der Waals surface area contributed by atoms with Gasteiger partial charge in [-0.15, -0.1) is 0 Å². The van der Waals surface area contributed by atoms with Crippen LogP contribution in [0.2, 0.25) is 0 Å². The molecule has 0 saturated carbocycles. The van der Waals surface area contributed by atoms with Gasteiger partial charge in [0.2, 0.25) is 5.75 Å². The number of benzene rings is 1. The Hall–Kier alpha value is -4.45. The Morgan fingerprint density at radius 3 is 2.21 bits per heavy atom. The first-order chi connectivity index (χ1) is 16.5. The Kier molecular flexibility index (Phi) is 6.69. The van der Waals surface area contributed by atoms with Crippen molar-refractivity contribution in [1.82, 2.24) is 19.9 Å². The number of hydrogen-bond acceptors (Lipinski definition) is 9. The van der Waals surface area contributed by atoms with Gasteiger partial charge < -0.3 is 14.2 Å². The average molecular weight is 481 g/mol. The third kappa shape index (κ3) is 5.30. The Balaban J connectivity index is 1.80. The van der Waals surface area contributed by atoms with E-state index in [2.05, 4.69) is 29.4 Å². The fourth-order valence-corrected chi connectivity index (χ4v) is 3.73. The van der Waals surface area contributed by atoms with E-state index in [1.807, 2.05) is 0 Å². The minimum atomic E-state index is -4.17. The number of methoxy groups -OCH3 is 2. The SMILES string of the molecule is COc1ccccc1Oc1c(NS(=O)(=O)Nc2ccccn2)nc(-c2ccncc2)nc1OC. The molecule has 3 heterocycles. The molecule has 1 aromatic carbocycles.